The molecule has 2 heterocycles. The number of carbonyl (C=O) groups excluding carboxylic acids is 3. The third kappa shape index (κ3) is 11.3. The summed E-state index contributed by atoms with van der Waals surface area (Å²) in [6.07, 6.45) is 0.0936. The number of likely N-dealkylation sites (tertiary alicyclic amines) is 2. The minimum atomic E-state index is -0.979. The Hall–Kier alpha value is -3.60. The molecule has 2 saturated heterocycles. The van der Waals surface area contributed by atoms with E-state index in [4.69, 9.17) is 19.8 Å². The zero-order valence-electron chi connectivity index (χ0n) is 22.7. The predicted molar refractivity (Wildman–Crippen MR) is 135 cm³/mol. The van der Waals surface area contributed by atoms with E-state index in [2.05, 4.69) is 9.62 Å². The van der Waals surface area contributed by atoms with E-state index in [1.54, 1.807) is 0 Å². The number of ether oxygens (including phenoxy) is 3. The van der Waals surface area contributed by atoms with Crippen molar-refractivity contribution in [1.29, 1.82) is 0 Å². The van der Waals surface area contributed by atoms with E-state index in [9.17, 15) is 19.2 Å². The molecule has 0 saturated carbocycles. The molecular formula is C26H33LiN2O11. The summed E-state index contributed by atoms with van der Waals surface area (Å²) in [6, 6.07) is 17.5. The van der Waals surface area contributed by atoms with Crippen LogP contribution in [0.3, 0.4) is 0 Å². The van der Waals surface area contributed by atoms with Gasteiger partial charge in [-0.1, -0.05) is 60.7 Å². The van der Waals surface area contributed by atoms with Crippen LogP contribution in [-0.2, 0) is 41.9 Å². The summed E-state index contributed by atoms with van der Waals surface area (Å²) in [7, 11) is 2.49. The SMILES string of the molecule is COC(=O)[C@@H]1CCN1C(=O)OCc1ccccc1.COO.O=C(O)[C@@H]1CCN1C(=O)OCc1ccccc1.[Li+].[OH-]. The van der Waals surface area contributed by atoms with Crippen molar-refractivity contribution < 1.29 is 73.0 Å². The molecule has 4 rings (SSSR count). The van der Waals surface area contributed by atoms with E-state index < -0.39 is 36.2 Å². The summed E-state index contributed by atoms with van der Waals surface area (Å²) < 4.78 is 14.8. The van der Waals surface area contributed by atoms with Crippen LogP contribution in [0.25, 0.3) is 0 Å². The monoisotopic (exact) mass is 556 g/mol. The van der Waals surface area contributed by atoms with Gasteiger partial charge in [0.05, 0.1) is 14.2 Å². The molecule has 2 fully saturated rings. The number of nitrogens with zero attached hydrogens (tertiary/aromatic N) is 2. The zero-order chi connectivity index (χ0) is 27.9. The smallest absolute Gasteiger partial charge is 0.870 e. The molecule has 0 bridgehead atoms. The van der Waals surface area contributed by atoms with Gasteiger partial charge in [0.1, 0.15) is 25.3 Å². The Kier molecular flexibility index (Phi) is 17.7. The number of rotatable bonds is 6. The van der Waals surface area contributed by atoms with Crippen LogP contribution >= 0.6 is 0 Å². The summed E-state index contributed by atoms with van der Waals surface area (Å²) in [4.78, 5) is 51.2. The van der Waals surface area contributed by atoms with Crippen LogP contribution in [0.1, 0.15) is 24.0 Å². The first-order valence-electron chi connectivity index (χ1n) is 11.7. The van der Waals surface area contributed by atoms with Crippen molar-refractivity contribution in [2.75, 3.05) is 27.3 Å². The molecule has 2 aliphatic heterocycles. The molecule has 14 heteroatoms. The summed E-state index contributed by atoms with van der Waals surface area (Å²) in [5.74, 6) is -1.37. The Balaban J connectivity index is 0.000000663. The van der Waals surface area contributed by atoms with E-state index >= 15 is 0 Å². The van der Waals surface area contributed by atoms with Gasteiger partial charge in [-0.3, -0.25) is 15.1 Å². The number of carboxylic acid groups (broad SMARTS) is 1. The minimum Gasteiger partial charge on any atom is -0.870 e. The molecular weight excluding hydrogens is 523 g/mol. The number of carbonyl (C=O) groups is 4. The van der Waals surface area contributed by atoms with E-state index in [1.165, 1.54) is 24.0 Å². The summed E-state index contributed by atoms with van der Waals surface area (Å²) in [5, 5.41) is 15.9. The molecule has 2 amide bonds. The fraction of sp³-hybridized carbons (Fsp3) is 0.385. The van der Waals surface area contributed by atoms with Crippen LogP contribution in [0.15, 0.2) is 60.7 Å². The second-order valence-electron chi connectivity index (χ2n) is 8.12. The number of hydrogen-bond acceptors (Lipinski definition) is 10. The molecule has 3 N–H and O–H groups in total. The number of amides is 2. The predicted octanol–water partition coefficient (Wildman–Crippen LogP) is -0.0144. The topological polar surface area (TPSA) is 182 Å². The molecule has 2 aromatic carbocycles. The van der Waals surface area contributed by atoms with Gasteiger partial charge < -0.3 is 24.8 Å². The number of methoxy groups -OCH3 is 1. The minimum absolute atomic E-state index is 0. The van der Waals surface area contributed by atoms with Crippen LogP contribution in [-0.4, -0.2) is 89.2 Å². The largest absolute Gasteiger partial charge is 1.00 e. The van der Waals surface area contributed by atoms with Gasteiger partial charge in [-0.15, -0.1) is 0 Å². The fourth-order valence-electron chi connectivity index (χ4n) is 3.45. The quantitative estimate of drug-likeness (QED) is 0.160. The fourth-order valence-corrected chi connectivity index (χ4v) is 3.45. The van der Waals surface area contributed by atoms with Gasteiger partial charge in [-0.25, -0.2) is 24.1 Å². The van der Waals surface area contributed by atoms with Crippen LogP contribution in [0.4, 0.5) is 9.59 Å². The summed E-state index contributed by atoms with van der Waals surface area (Å²) in [6.45, 7) is 1.37. The zero-order valence-corrected chi connectivity index (χ0v) is 22.7. The van der Waals surface area contributed by atoms with Gasteiger partial charge in [-0.05, 0) is 24.0 Å². The molecule has 0 unspecified atom stereocenters. The average molecular weight is 556 g/mol. The van der Waals surface area contributed by atoms with Crippen molar-refractivity contribution in [3.05, 3.63) is 71.8 Å². The van der Waals surface area contributed by atoms with Gasteiger partial charge in [0, 0.05) is 13.1 Å². The maximum absolute atomic E-state index is 11.7. The van der Waals surface area contributed by atoms with Gasteiger partial charge in [0.25, 0.3) is 0 Å². The van der Waals surface area contributed by atoms with Gasteiger partial charge >= 0.3 is 43.0 Å². The molecule has 40 heavy (non-hydrogen) atoms. The van der Waals surface area contributed by atoms with Gasteiger partial charge in [-0.2, -0.15) is 0 Å². The van der Waals surface area contributed by atoms with Crippen LogP contribution in [0.5, 0.6) is 0 Å². The van der Waals surface area contributed by atoms with E-state index in [1.807, 2.05) is 60.7 Å². The average Bonchev–Trinajstić information content (AvgIpc) is 2.86. The van der Waals surface area contributed by atoms with Crippen molar-refractivity contribution in [1.82, 2.24) is 9.80 Å². The molecule has 0 aromatic heterocycles. The Morgan fingerprint density at radius 2 is 1.15 bits per heavy atom. The number of carboxylic acids is 1. The number of esters is 1. The Labute approximate surface area is 244 Å². The summed E-state index contributed by atoms with van der Waals surface area (Å²) >= 11 is 0. The molecule has 0 radical (unpaired) electrons. The standard InChI is InChI=1S/C13H15NO4.C12H13NO4.CH4O2.Li.H2O/c1-17-12(15)11-7-8-14(11)13(16)18-9-10-5-3-2-4-6-10;14-11(15)10-6-7-13(10)12(16)17-8-9-4-2-1-3-5-9;1-3-2;;/h2-6,11H,7-9H2,1H3;1-5,10H,6-8H2,(H,14,15);2H,1H3;;1H2/q;;;+1;/p-1/t11-;10-;;;/m00.../s1. The van der Waals surface area contributed by atoms with E-state index in [0.717, 1.165) is 11.1 Å². The first-order valence-corrected chi connectivity index (χ1v) is 11.7. The van der Waals surface area contributed by atoms with Crippen molar-refractivity contribution in [2.45, 2.75) is 38.1 Å². The Bertz CT molecular complexity index is 1040. The maximum Gasteiger partial charge on any atom is 1.00 e. The third-order valence-electron chi connectivity index (χ3n) is 5.68. The second-order valence-corrected chi connectivity index (χ2v) is 8.12. The Morgan fingerprint density at radius 1 is 0.775 bits per heavy atom. The van der Waals surface area contributed by atoms with Gasteiger partial charge in [0.15, 0.2) is 0 Å². The summed E-state index contributed by atoms with van der Waals surface area (Å²) in [5.41, 5.74) is 1.80. The number of aliphatic carboxylic acids is 1. The molecule has 0 aliphatic carbocycles. The maximum atomic E-state index is 11.7. The van der Waals surface area contributed by atoms with Crippen molar-refractivity contribution in [3.8, 4) is 0 Å². The number of hydrogen-bond donors (Lipinski definition) is 2. The molecule has 2 aromatic rings. The molecule has 2 aliphatic rings. The van der Waals surface area contributed by atoms with E-state index in [0.29, 0.717) is 25.9 Å². The first kappa shape index (κ1) is 36.4. The molecule has 2 atom stereocenters. The second kappa shape index (κ2) is 19.5. The molecule has 13 nitrogen and oxygen atoms in total. The van der Waals surface area contributed by atoms with Crippen LogP contribution in [0.2, 0.25) is 0 Å². The first-order chi connectivity index (χ1) is 18.3. The number of benzene rings is 2. The Morgan fingerprint density at radius 3 is 1.45 bits per heavy atom. The van der Waals surface area contributed by atoms with Crippen molar-refractivity contribution in [3.63, 3.8) is 0 Å². The van der Waals surface area contributed by atoms with E-state index in [-0.39, 0.29) is 37.6 Å². The van der Waals surface area contributed by atoms with Crippen LogP contribution < -0.4 is 18.9 Å². The van der Waals surface area contributed by atoms with Crippen molar-refractivity contribution in [2.24, 2.45) is 0 Å². The molecule has 214 valence electrons. The van der Waals surface area contributed by atoms with Gasteiger partial charge in [0.2, 0.25) is 0 Å². The molecule has 0 spiro atoms. The van der Waals surface area contributed by atoms with Crippen LogP contribution in [0, 0.1) is 0 Å². The normalized spacial score (nSPS) is 16.3. The third-order valence-corrected chi connectivity index (χ3v) is 5.68. The van der Waals surface area contributed by atoms with Crippen molar-refractivity contribution >= 4 is 24.1 Å².